The van der Waals surface area contributed by atoms with E-state index in [9.17, 15) is 4.79 Å². The number of anilines is 1. The number of H-pyrrole nitrogens is 1. The first-order chi connectivity index (χ1) is 9.85. The number of amides is 1. The van der Waals surface area contributed by atoms with Gasteiger partial charge in [0.2, 0.25) is 6.41 Å². The van der Waals surface area contributed by atoms with Gasteiger partial charge in [-0.3, -0.25) is 9.89 Å². The Morgan fingerprint density at radius 1 is 1.35 bits per heavy atom. The molecule has 3 aliphatic rings. The van der Waals surface area contributed by atoms with Crippen molar-refractivity contribution in [1.82, 2.24) is 15.1 Å². The molecule has 2 aromatic rings. The number of aromatic amines is 1. The van der Waals surface area contributed by atoms with Gasteiger partial charge in [0, 0.05) is 17.6 Å². The van der Waals surface area contributed by atoms with Gasteiger partial charge in [-0.15, -0.1) is 0 Å². The summed E-state index contributed by atoms with van der Waals surface area (Å²) in [7, 11) is 0. The van der Waals surface area contributed by atoms with Crippen LogP contribution in [0.15, 0.2) is 24.4 Å². The van der Waals surface area contributed by atoms with Gasteiger partial charge >= 0.3 is 0 Å². The summed E-state index contributed by atoms with van der Waals surface area (Å²) in [6.07, 6.45) is 5.22. The van der Waals surface area contributed by atoms with Crippen LogP contribution in [0.2, 0.25) is 0 Å². The van der Waals surface area contributed by atoms with Crippen LogP contribution in [-0.2, 0) is 4.79 Å². The van der Waals surface area contributed by atoms with Crippen LogP contribution < -0.4 is 4.90 Å². The molecule has 0 spiro atoms. The summed E-state index contributed by atoms with van der Waals surface area (Å²) in [6.45, 7) is 3.39. The zero-order valence-corrected chi connectivity index (χ0v) is 11.3. The molecule has 0 saturated carbocycles. The minimum Gasteiger partial charge on any atom is -0.310 e. The lowest BCUT2D eigenvalue weighted by Gasteiger charge is -2.48. The first kappa shape index (κ1) is 11.9. The van der Waals surface area contributed by atoms with E-state index in [1.165, 1.54) is 25.9 Å². The SMILES string of the molecule is O=CN(c1ccc2[nH]ncc2c1)C1CN2CCC1CC2. The van der Waals surface area contributed by atoms with Crippen molar-refractivity contribution >= 4 is 23.0 Å². The first-order valence-electron chi connectivity index (χ1n) is 7.24. The molecule has 1 aromatic heterocycles. The normalized spacial score (nSPS) is 28.7. The monoisotopic (exact) mass is 270 g/mol. The van der Waals surface area contributed by atoms with E-state index in [4.69, 9.17) is 0 Å². The molecule has 5 rings (SSSR count). The van der Waals surface area contributed by atoms with E-state index >= 15 is 0 Å². The summed E-state index contributed by atoms with van der Waals surface area (Å²) < 4.78 is 0. The third-order valence-corrected chi connectivity index (χ3v) is 4.81. The van der Waals surface area contributed by atoms with Crippen LogP contribution >= 0.6 is 0 Å². The molecule has 3 aliphatic heterocycles. The van der Waals surface area contributed by atoms with E-state index in [-0.39, 0.29) is 0 Å². The number of nitrogens with zero attached hydrogens (tertiary/aromatic N) is 3. The standard InChI is InChI=1S/C15H18N4O/c20-10-19(15-9-18-5-3-11(15)4-6-18)13-1-2-14-12(7-13)8-16-17-14/h1-2,7-8,10-11,15H,3-6,9H2,(H,16,17). The van der Waals surface area contributed by atoms with Crippen LogP contribution in [0.5, 0.6) is 0 Å². The Bertz CT molecular complexity index is 630. The highest BCUT2D eigenvalue weighted by Crippen LogP contribution is 2.33. The van der Waals surface area contributed by atoms with E-state index in [1.807, 2.05) is 23.1 Å². The Balaban J connectivity index is 1.68. The molecule has 0 aliphatic carbocycles. The van der Waals surface area contributed by atoms with Gasteiger partial charge in [-0.2, -0.15) is 5.10 Å². The second-order valence-electron chi connectivity index (χ2n) is 5.86. The number of hydrogen-bond acceptors (Lipinski definition) is 3. The highest BCUT2D eigenvalue weighted by atomic mass is 16.1. The van der Waals surface area contributed by atoms with Crippen LogP contribution in [0.3, 0.4) is 0 Å². The number of benzene rings is 1. The average molecular weight is 270 g/mol. The van der Waals surface area contributed by atoms with E-state index in [0.29, 0.717) is 12.0 Å². The minimum atomic E-state index is 0.319. The number of fused-ring (bicyclic) bond motifs is 4. The molecule has 20 heavy (non-hydrogen) atoms. The topological polar surface area (TPSA) is 52.2 Å². The van der Waals surface area contributed by atoms with Crippen molar-refractivity contribution in [3.05, 3.63) is 24.4 Å². The van der Waals surface area contributed by atoms with E-state index in [1.54, 1.807) is 6.20 Å². The Morgan fingerprint density at radius 2 is 2.20 bits per heavy atom. The van der Waals surface area contributed by atoms with E-state index < -0.39 is 0 Å². The lowest BCUT2D eigenvalue weighted by atomic mass is 9.83. The van der Waals surface area contributed by atoms with Gasteiger partial charge in [-0.25, -0.2) is 0 Å². The molecular formula is C15H18N4O. The largest absolute Gasteiger partial charge is 0.310 e. The molecule has 4 heterocycles. The Kier molecular flexibility index (Phi) is 2.73. The summed E-state index contributed by atoms with van der Waals surface area (Å²) in [5.41, 5.74) is 1.99. The first-order valence-corrected chi connectivity index (χ1v) is 7.24. The summed E-state index contributed by atoms with van der Waals surface area (Å²) in [5.74, 6) is 0.644. The Labute approximate surface area is 117 Å². The van der Waals surface area contributed by atoms with Gasteiger partial charge in [0.05, 0.1) is 17.8 Å². The summed E-state index contributed by atoms with van der Waals surface area (Å²) in [6, 6.07) is 6.37. The predicted molar refractivity (Wildman–Crippen MR) is 77.6 cm³/mol. The van der Waals surface area contributed by atoms with Crippen LogP contribution in [0.1, 0.15) is 12.8 Å². The quantitative estimate of drug-likeness (QED) is 0.862. The van der Waals surface area contributed by atoms with Crippen molar-refractivity contribution in [2.24, 2.45) is 5.92 Å². The predicted octanol–water partition coefficient (Wildman–Crippen LogP) is 1.62. The van der Waals surface area contributed by atoms with Crippen LogP contribution in [0, 0.1) is 5.92 Å². The van der Waals surface area contributed by atoms with Crippen LogP contribution in [0.25, 0.3) is 10.9 Å². The van der Waals surface area contributed by atoms with Gasteiger partial charge in [0.15, 0.2) is 0 Å². The second kappa shape index (κ2) is 4.59. The zero-order chi connectivity index (χ0) is 13.5. The maximum absolute atomic E-state index is 11.6. The maximum Gasteiger partial charge on any atom is 0.214 e. The van der Waals surface area contributed by atoms with Crippen molar-refractivity contribution in [2.75, 3.05) is 24.5 Å². The van der Waals surface area contributed by atoms with Crippen molar-refractivity contribution < 1.29 is 4.79 Å². The number of aromatic nitrogens is 2. The van der Waals surface area contributed by atoms with Crippen molar-refractivity contribution in [3.8, 4) is 0 Å². The molecule has 104 valence electrons. The van der Waals surface area contributed by atoms with Crippen molar-refractivity contribution in [3.63, 3.8) is 0 Å². The molecule has 1 unspecified atom stereocenters. The highest BCUT2D eigenvalue weighted by molar-refractivity contribution is 5.86. The number of nitrogens with one attached hydrogen (secondary N) is 1. The Hall–Kier alpha value is -1.88. The van der Waals surface area contributed by atoms with Gasteiger partial charge < -0.3 is 9.80 Å². The maximum atomic E-state index is 11.6. The van der Waals surface area contributed by atoms with Gasteiger partial charge in [0.1, 0.15) is 0 Å². The lowest BCUT2D eigenvalue weighted by molar-refractivity contribution is -0.108. The van der Waals surface area contributed by atoms with Crippen LogP contribution in [0.4, 0.5) is 5.69 Å². The molecule has 2 bridgehead atoms. The zero-order valence-electron chi connectivity index (χ0n) is 11.3. The van der Waals surface area contributed by atoms with Gasteiger partial charge in [-0.1, -0.05) is 0 Å². The molecule has 1 aromatic carbocycles. The number of rotatable bonds is 3. The van der Waals surface area contributed by atoms with Crippen molar-refractivity contribution in [2.45, 2.75) is 18.9 Å². The summed E-state index contributed by atoms with van der Waals surface area (Å²) >= 11 is 0. The fraction of sp³-hybridized carbons (Fsp3) is 0.467. The smallest absolute Gasteiger partial charge is 0.214 e. The molecule has 5 nitrogen and oxygen atoms in total. The van der Waals surface area contributed by atoms with E-state index in [0.717, 1.165) is 29.5 Å². The highest BCUT2D eigenvalue weighted by Gasteiger charge is 2.37. The molecule has 1 N–H and O–H groups in total. The minimum absolute atomic E-state index is 0.319. The second-order valence-corrected chi connectivity index (χ2v) is 5.86. The molecule has 3 saturated heterocycles. The molecule has 3 fully saturated rings. The molecule has 5 heteroatoms. The van der Waals surface area contributed by atoms with Crippen LogP contribution in [-0.4, -0.2) is 47.2 Å². The fourth-order valence-corrected chi connectivity index (χ4v) is 3.67. The van der Waals surface area contributed by atoms with E-state index in [2.05, 4.69) is 15.1 Å². The third kappa shape index (κ3) is 1.81. The molecule has 0 radical (unpaired) electrons. The van der Waals surface area contributed by atoms with Gasteiger partial charge in [-0.05, 0) is 50.0 Å². The van der Waals surface area contributed by atoms with Crippen molar-refractivity contribution in [1.29, 1.82) is 0 Å². The Morgan fingerprint density at radius 3 is 2.90 bits per heavy atom. The average Bonchev–Trinajstić information content (AvgIpc) is 2.97. The molecule has 1 amide bonds. The number of piperidine rings is 3. The fourth-order valence-electron chi connectivity index (χ4n) is 3.67. The number of hydrogen-bond donors (Lipinski definition) is 1. The third-order valence-electron chi connectivity index (χ3n) is 4.81. The number of carbonyl (C=O) groups excluding carboxylic acids is 1. The van der Waals surface area contributed by atoms with Gasteiger partial charge in [0.25, 0.3) is 0 Å². The molecular weight excluding hydrogens is 252 g/mol. The summed E-state index contributed by atoms with van der Waals surface area (Å²) in [5, 5.41) is 8.03. The summed E-state index contributed by atoms with van der Waals surface area (Å²) in [4.78, 5) is 16.0. The number of carbonyl (C=O) groups is 1. The lowest BCUT2D eigenvalue weighted by Crippen LogP contribution is -2.57. The molecule has 1 atom stereocenters.